The van der Waals surface area contributed by atoms with E-state index in [1.54, 1.807) is 7.11 Å². The molecule has 100 valence electrons. The number of hydrogen-bond acceptors (Lipinski definition) is 2. The van der Waals surface area contributed by atoms with Gasteiger partial charge in [0, 0.05) is 6.42 Å². The lowest BCUT2D eigenvalue weighted by Gasteiger charge is -2.10. The Labute approximate surface area is 118 Å². The van der Waals surface area contributed by atoms with Gasteiger partial charge < -0.3 is 9.53 Å². The molecule has 0 amide bonds. The first-order valence-electron chi connectivity index (χ1n) is 6.40. The van der Waals surface area contributed by atoms with Crippen LogP contribution in [0.15, 0.2) is 36.4 Å². The number of halogens is 1. The lowest BCUT2D eigenvalue weighted by Crippen LogP contribution is -1.92. The highest BCUT2D eigenvalue weighted by Crippen LogP contribution is 2.30. The minimum absolute atomic E-state index is 0.0357. The number of carbonyl (C=O) groups is 1. The van der Waals surface area contributed by atoms with Crippen molar-refractivity contribution in [2.75, 3.05) is 7.11 Å². The van der Waals surface area contributed by atoms with Crippen molar-refractivity contribution in [3.05, 3.63) is 42.0 Å². The molecule has 2 aromatic rings. The first-order valence-corrected chi connectivity index (χ1v) is 6.83. The largest absolute Gasteiger partial charge is 0.497 e. The summed E-state index contributed by atoms with van der Waals surface area (Å²) >= 11 is 6.36. The molecule has 0 aliphatic heterocycles. The van der Waals surface area contributed by atoms with Gasteiger partial charge in [-0.25, -0.2) is 0 Å². The van der Waals surface area contributed by atoms with Gasteiger partial charge in [-0.05, 0) is 47.4 Å². The molecule has 0 N–H and O–H groups in total. The number of hydrogen-bond donors (Lipinski definition) is 0. The number of carbonyl (C=O) groups excluding carboxylic acids is 1. The van der Waals surface area contributed by atoms with Crippen LogP contribution in [0.3, 0.4) is 0 Å². The van der Waals surface area contributed by atoms with Crippen molar-refractivity contribution in [2.45, 2.75) is 24.6 Å². The van der Waals surface area contributed by atoms with Crippen molar-refractivity contribution >= 4 is 28.7 Å². The molecule has 0 aromatic heterocycles. The molecule has 0 radical (unpaired) electrons. The van der Waals surface area contributed by atoms with Gasteiger partial charge >= 0.3 is 0 Å². The molecule has 0 bridgehead atoms. The fourth-order valence-electron chi connectivity index (χ4n) is 2.11. The van der Waals surface area contributed by atoms with E-state index in [2.05, 4.69) is 12.1 Å². The normalized spacial score (nSPS) is 12.3. The zero-order chi connectivity index (χ0) is 13.7. The predicted octanol–water partition coefficient (Wildman–Crippen LogP) is 4.50. The van der Waals surface area contributed by atoms with E-state index >= 15 is 0 Å². The second-order valence-corrected chi connectivity index (χ2v) is 5.06. The molecule has 3 heteroatoms. The van der Waals surface area contributed by atoms with Crippen LogP contribution in [0, 0.1) is 0 Å². The fourth-order valence-corrected chi connectivity index (χ4v) is 2.40. The number of aldehydes is 1. The van der Waals surface area contributed by atoms with Crippen LogP contribution >= 0.6 is 11.6 Å². The molecule has 0 aliphatic rings. The Bertz CT molecular complexity index is 566. The Kier molecular flexibility index (Phi) is 4.80. The molecule has 0 saturated heterocycles. The SMILES string of the molecule is COc1ccc2cc(C(Cl)CCCC=O)ccc2c1. The zero-order valence-electron chi connectivity index (χ0n) is 10.9. The number of ether oxygens (including phenoxy) is 1. The van der Waals surface area contributed by atoms with Gasteiger partial charge in [0.15, 0.2) is 0 Å². The van der Waals surface area contributed by atoms with Gasteiger partial charge in [0.25, 0.3) is 0 Å². The first-order chi connectivity index (χ1) is 9.24. The summed E-state index contributed by atoms with van der Waals surface area (Å²) < 4.78 is 5.21. The van der Waals surface area contributed by atoms with E-state index in [-0.39, 0.29) is 5.38 Å². The second kappa shape index (κ2) is 6.58. The van der Waals surface area contributed by atoms with Crippen LogP contribution in [-0.4, -0.2) is 13.4 Å². The van der Waals surface area contributed by atoms with Crippen molar-refractivity contribution in [3.8, 4) is 5.75 Å². The van der Waals surface area contributed by atoms with Crippen molar-refractivity contribution in [1.29, 1.82) is 0 Å². The Hall–Kier alpha value is -1.54. The number of unbranched alkanes of at least 4 members (excludes halogenated alkanes) is 1. The van der Waals surface area contributed by atoms with E-state index < -0.39 is 0 Å². The van der Waals surface area contributed by atoms with Gasteiger partial charge in [0.05, 0.1) is 12.5 Å². The minimum atomic E-state index is -0.0357. The summed E-state index contributed by atoms with van der Waals surface area (Å²) in [5.41, 5.74) is 1.10. The van der Waals surface area contributed by atoms with Crippen LogP contribution in [0.2, 0.25) is 0 Å². The van der Waals surface area contributed by atoms with Gasteiger partial charge in [-0.15, -0.1) is 11.6 Å². The molecule has 1 atom stereocenters. The molecule has 2 rings (SSSR count). The van der Waals surface area contributed by atoms with Crippen LogP contribution < -0.4 is 4.74 Å². The van der Waals surface area contributed by atoms with Gasteiger partial charge in [-0.2, -0.15) is 0 Å². The maximum atomic E-state index is 10.3. The van der Waals surface area contributed by atoms with E-state index in [0.29, 0.717) is 6.42 Å². The lowest BCUT2D eigenvalue weighted by atomic mass is 10.0. The molecule has 2 nitrogen and oxygen atoms in total. The van der Waals surface area contributed by atoms with Crippen LogP contribution in [0.1, 0.15) is 30.2 Å². The maximum absolute atomic E-state index is 10.3. The van der Waals surface area contributed by atoms with Gasteiger partial charge in [0.1, 0.15) is 12.0 Å². The zero-order valence-corrected chi connectivity index (χ0v) is 11.7. The van der Waals surface area contributed by atoms with E-state index in [1.165, 1.54) is 0 Å². The summed E-state index contributed by atoms with van der Waals surface area (Å²) in [4.78, 5) is 10.3. The number of fused-ring (bicyclic) bond motifs is 1. The number of alkyl halides is 1. The van der Waals surface area contributed by atoms with Gasteiger partial charge in [-0.1, -0.05) is 18.2 Å². The highest BCUT2D eigenvalue weighted by Gasteiger charge is 2.08. The highest BCUT2D eigenvalue weighted by atomic mass is 35.5. The molecular formula is C16H17ClO2. The van der Waals surface area contributed by atoms with E-state index in [0.717, 1.165) is 41.2 Å². The molecule has 0 aliphatic carbocycles. The summed E-state index contributed by atoms with van der Waals surface area (Å²) in [7, 11) is 1.66. The average molecular weight is 277 g/mol. The molecular weight excluding hydrogens is 260 g/mol. The van der Waals surface area contributed by atoms with Crippen molar-refractivity contribution < 1.29 is 9.53 Å². The number of rotatable bonds is 6. The molecule has 0 fully saturated rings. The summed E-state index contributed by atoms with van der Waals surface area (Å²) in [5, 5.41) is 2.26. The number of benzene rings is 2. The fraction of sp³-hybridized carbons (Fsp3) is 0.312. The lowest BCUT2D eigenvalue weighted by molar-refractivity contribution is -0.107. The molecule has 19 heavy (non-hydrogen) atoms. The smallest absolute Gasteiger partial charge is 0.119 e. The van der Waals surface area contributed by atoms with E-state index in [9.17, 15) is 4.79 Å². The molecule has 1 unspecified atom stereocenters. The van der Waals surface area contributed by atoms with Gasteiger partial charge in [0.2, 0.25) is 0 Å². The van der Waals surface area contributed by atoms with Gasteiger partial charge in [-0.3, -0.25) is 0 Å². The highest BCUT2D eigenvalue weighted by molar-refractivity contribution is 6.20. The Morgan fingerprint density at radius 3 is 2.68 bits per heavy atom. The topological polar surface area (TPSA) is 26.3 Å². The van der Waals surface area contributed by atoms with Crippen LogP contribution in [-0.2, 0) is 4.79 Å². The van der Waals surface area contributed by atoms with E-state index in [4.69, 9.17) is 16.3 Å². The average Bonchev–Trinajstić information content (AvgIpc) is 2.46. The molecule has 0 spiro atoms. The molecule has 0 saturated carbocycles. The third-order valence-corrected chi connectivity index (χ3v) is 3.68. The standard InChI is InChI=1S/C16H17ClO2/c1-19-15-8-7-12-10-14(6-5-13(12)11-15)16(17)4-2-3-9-18/h5-11,16H,2-4H2,1H3. The Morgan fingerprint density at radius 1 is 1.21 bits per heavy atom. The quantitative estimate of drug-likeness (QED) is 0.441. The van der Waals surface area contributed by atoms with Crippen molar-refractivity contribution in [3.63, 3.8) is 0 Å². The third-order valence-electron chi connectivity index (χ3n) is 3.21. The van der Waals surface area contributed by atoms with Crippen LogP contribution in [0.5, 0.6) is 5.75 Å². The minimum Gasteiger partial charge on any atom is -0.497 e. The second-order valence-electron chi connectivity index (χ2n) is 4.54. The molecule has 2 aromatic carbocycles. The number of methoxy groups -OCH3 is 1. The first kappa shape index (κ1) is 13.9. The maximum Gasteiger partial charge on any atom is 0.119 e. The Balaban J connectivity index is 2.18. The third kappa shape index (κ3) is 3.48. The van der Waals surface area contributed by atoms with E-state index in [1.807, 2.05) is 24.3 Å². The monoisotopic (exact) mass is 276 g/mol. The summed E-state index contributed by atoms with van der Waals surface area (Å²) in [6.07, 6.45) is 3.17. The van der Waals surface area contributed by atoms with Crippen LogP contribution in [0.25, 0.3) is 10.8 Å². The van der Waals surface area contributed by atoms with Crippen molar-refractivity contribution in [1.82, 2.24) is 0 Å². The van der Waals surface area contributed by atoms with Crippen LogP contribution in [0.4, 0.5) is 0 Å². The summed E-state index contributed by atoms with van der Waals surface area (Å²) in [6, 6.07) is 12.2. The summed E-state index contributed by atoms with van der Waals surface area (Å²) in [5.74, 6) is 0.855. The van der Waals surface area contributed by atoms with Crippen molar-refractivity contribution in [2.24, 2.45) is 0 Å². The summed E-state index contributed by atoms with van der Waals surface area (Å²) in [6.45, 7) is 0. The predicted molar refractivity (Wildman–Crippen MR) is 79.0 cm³/mol. The Morgan fingerprint density at radius 2 is 1.95 bits per heavy atom. The molecule has 0 heterocycles.